The third-order valence-corrected chi connectivity index (χ3v) is 4.07. The van der Waals surface area contributed by atoms with Crippen LogP contribution in [-0.2, 0) is 4.79 Å². The molecule has 0 bridgehead atoms. The highest BCUT2D eigenvalue weighted by Gasteiger charge is 2.19. The molecule has 2 heterocycles. The second-order valence-electron chi connectivity index (χ2n) is 5.94. The Balaban J connectivity index is 1.51. The lowest BCUT2D eigenvalue weighted by Crippen LogP contribution is -2.24. The molecule has 2 aromatic heterocycles. The van der Waals surface area contributed by atoms with Gasteiger partial charge >= 0.3 is 0 Å². The van der Waals surface area contributed by atoms with E-state index in [1.807, 2.05) is 48.5 Å². The van der Waals surface area contributed by atoms with E-state index in [1.54, 1.807) is 47.0 Å². The molecule has 0 aliphatic heterocycles. The predicted octanol–water partition coefficient (Wildman–Crippen LogP) is 4.55. The lowest BCUT2D eigenvalue weighted by molar-refractivity contribution is -0.112. The number of hydrogen-bond donors (Lipinski definition) is 1. The Kier molecular flexibility index (Phi) is 4.41. The van der Waals surface area contributed by atoms with Crippen LogP contribution in [0.2, 0.25) is 0 Å². The first-order chi connectivity index (χ1) is 13.2. The second kappa shape index (κ2) is 7.17. The SMILES string of the molecule is O=C(Nc1cccc(Oc2ccccc2)c1)C(=O)c1ccc2ccccn12. The van der Waals surface area contributed by atoms with Crippen LogP contribution in [0.5, 0.6) is 11.5 Å². The van der Waals surface area contributed by atoms with Gasteiger partial charge in [0.2, 0.25) is 0 Å². The maximum atomic E-state index is 12.5. The van der Waals surface area contributed by atoms with E-state index >= 15 is 0 Å². The summed E-state index contributed by atoms with van der Waals surface area (Å²) in [5, 5.41) is 2.64. The first-order valence-electron chi connectivity index (χ1n) is 8.45. The third-order valence-electron chi connectivity index (χ3n) is 4.07. The van der Waals surface area contributed by atoms with Crippen molar-refractivity contribution >= 4 is 22.9 Å². The average molecular weight is 356 g/mol. The summed E-state index contributed by atoms with van der Waals surface area (Å²) < 4.78 is 7.44. The van der Waals surface area contributed by atoms with Crippen LogP contribution in [0.4, 0.5) is 5.69 Å². The number of anilines is 1. The van der Waals surface area contributed by atoms with E-state index < -0.39 is 11.7 Å². The van der Waals surface area contributed by atoms with Crippen molar-refractivity contribution < 1.29 is 14.3 Å². The van der Waals surface area contributed by atoms with Crippen molar-refractivity contribution in [3.63, 3.8) is 0 Å². The third kappa shape index (κ3) is 3.57. The van der Waals surface area contributed by atoms with E-state index in [4.69, 9.17) is 4.74 Å². The van der Waals surface area contributed by atoms with E-state index in [-0.39, 0.29) is 0 Å². The maximum absolute atomic E-state index is 12.5. The van der Waals surface area contributed by atoms with Crippen LogP contribution < -0.4 is 10.1 Å². The number of carbonyl (C=O) groups excluding carboxylic acids is 2. The van der Waals surface area contributed by atoms with E-state index in [9.17, 15) is 9.59 Å². The smallest absolute Gasteiger partial charge is 0.298 e. The molecule has 0 fully saturated rings. The summed E-state index contributed by atoms with van der Waals surface area (Å²) >= 11 is 0. The van der Waals surface area contributed by atoms with Crippen LogP contribution >= 0.6 is 0 Å². The number of fused-ring (bicyclic) bond motifs is 1. The summed E-state index contributed by atoms with van der Waals surface area (Å²) in [6.45, 7) is 0. The average Bonchev–Trinajstić information content (AvgIpc) is 3.12. The minimum absolute atomic E-state index is 0.319. The fraction of sp³-hybridized carbons (Fsp3) is 0. The first kappa shape index (κ1) is 16.6. The fourth-order valence-electron chi connectivity index (χ4n) is 2.81. The Bertz CT molecular complexity index is 1120. The number of benzene rings is 2. The van der Waals surface area contributed by atoms with Gasteiger partial charge in [-0.25, -0.2) is 0 Å². The zero-order chi connectivity index (χ0) is 18.6. The number of pyridine rings is 1. The number of carbonyl (C=O) groups is 2. The van der Waals surface area contributed by atoms with Crippen LogP contribution in [0, 0.1) is 0 Å². The van der Waals surface area contributed by atoms with Gasteiger partial charge in [-0.15, -0.1) is 0 Å². The van der Waals surface area contributed by atoms with Crippen molar-refractivity contribution in [3.8, 4) is 11.5 Å². The lowest BCUT2D eigenvalue weighted by atomic mass is 10.2. The van der Waals surface area contributed by atoms with Gasteiger partial charge in [-0.05, 0) is 48.5 Å². The van der Waals surface area contributed by atoms with Gasteiger partial charge in [-0.3, -0.25) is 9.59 Å². The van der Waals surface area contributed by atoms with Gasteiger partial charge in [0.25, 0.3) is 11.7 Å². The van der Waals surface area contributed by atoms with Crippen molar-refractivity contribution in [2.75, 3.05) is 5.32 Å². The van der Waals surface area contributed by atoms with Gasteiger partial charge in [-0.2, -0.15) is 0 Å². The number of Topliss-reactive ketones (excluding diaryl/α,β-unsaturated/α-hetero) is 1. The molecular weight excluding hydrogens is 340 g/mol. The largest absolute Gasteiger partial charge is 0.457 e. The van der Waals surface area contributed by atoms with Gasteiger partial charge in [0, 0.05) is 23.5 Å². The zero-order valence-corrected chi connectivity index (χ0v) is 14.3. The zero-order valence-electron chi connectivity index (χ0n) is 14.3. The number of aromatic nitrogens is 1. The molecule has 1 amide bonds. The number of nitrogens with one attached hydrogen (secondary N) is 1. The number of rotatable bonds is 5. The number of ketones is 1. The molecule has 0 aliphatic carbocycles. The molecule has 2 aromatic carbocycles. The van der Waals surface area contributed by atoms with Crippen LogP contribution in [0.25, 0.3) is 5.52 Å². The fourth-order valence-corrected chi connectivity index (χ4v) is 2.81. The molecule has 0 aliphatic rings. The molecular formula is C22H16N2O3. The van der Waals surface area contributed by atoms with Crippen molar-refractivity contribution in [2.45, 2.75) is 0 Å². The Labute approximate surface area is 155 Å². The quantitative estimate of drug-likeness (QED) is 0.421. The summed E-state index contributed by atoms with van der Waals surface area (Å²) in [5.41, 5.74) is 1.66. The molecule has 0 saturated carbocycles. The molecule has 5 nitrogen and oxygen atoms in total. The molecule has 0 radical (unpaired) electrons. The molecule has 4 aromatic rings. The molecule has 0 unspecified atom stereocenters. The highest BCUT2D eigenvalue weighted by atomic mass is 16.5. The number of para-hydroxylation sites is 1. The van der Waals surface area contributed by atoms with E-state index in [1.165, 1.54) is 0 Å². The molecule has 132 valence electrons. The maximum Gasteiger partial charge on any atom is 0.298 e. The summed E-state index contributed by atoms with van der Waals surface area (Å²) in [7, 11) is 0. The Morgan fingerprint density at radius 3 is 2.41 bits per heavy atom. The molecule has 27 heavy (non-hydrogen) atoms. The second-order valence-corrected chi connectivity index (χ2v) is 5.94. The van der Waals surface area contributed by atoms with Gasteiger partial charge in [0.05, 0.1) is 5.69 Å². The highest BCUT2D eigenvalue weighted by Crippen LogP contribution is 2.24. The summed E-state index contributed by atoms with van der Waals surface area (Å²) in [4.78, 5) is 24.9. The van der Waals surface area contributed by atoms with E-state index in [0.29, 0.717) is 22.9 Å². The van der Waals surface area contributed by atoms with Gasteiger partial charge in [-0.1, -0.05) is 30.3 Å². The summed E-state index contributed by atoms with van der Waals surface area (Å²) in [6.07, 6.45) is 1.75. The van der Waals surface area contributed by atoms with Gasteiger partial charge in [0.15, 0.2) is 0 Å². The Morgan fingerprint density at radius 2 is 1.56 bits per heavy atom. The first-order valence-corrected chi connectivity index (χ1v) is 8.45. The van der Waals surface area contributed by atoms with Crippen LogP contribution in [0.1, 0.15) is 10.5 Å². The molecule has 4 rings (SSSR count). The van der Waals surface area contributed by atoms with Gasteiger partial charge < -0.3 is 14.5 Å². The summed E-state index contributed by atoms with van der Waals surface area (Å²) in [6, 6.07) is 25.3. The van der Waals surface area contributed by atoms with Crippen molar-refractivity contribution in [1.82, 2.24) is 4.40 Å². The highest BCUT2D eigenvalue weighted by molar-refractivity contribution is 6.46. The minimum Gasteiger partial charge on any atom is -0.457 e. The monoisotopic (exact) mass is 356 g/mol. The van der Waals surface area contributed by atoms with Crippen LogP contribution in [0.15, 0.2) is 91.1 Å². The van der Waals surface area contributed by atoms with E-state index in [2.05, 4.69) is 5.32 Å². The predicted molar refractivity (Wildman–Crippen MR) is 103 cm³/mol. The van der Waals surface area contributed by atoms with Crippen LogP contribution in [0.3, 0.4) is 0 Å². The molecule has 5 heteroatoms. The Morgan fingerprint density at radius 1 is 0.778 bits per heavy atom. The minimum atomic E-state index is -0.698. The van der Waals surface area contributed by atoms with E-state index in [0.717, 1.165) is 5.52 Å². The standard InChI is InChI=1S/C22H16N2O3/c25-21(20-13-12-17-8-4-5-14-24(17)20)22(26)23-16-7-6-11-19(15-16)27-18-9-2-1-3-10-18/h1-15H,(H,23,26). The summed E-state index contributed by atoms with van der Waals surface area (Å²) in [5.74, 6) is -0.0393. The number of nitrogens with zero attached hydrogens (tertiary/aromatic N) is 1. The number of hydrogen-bond acceptors (Lipinski definition) is 3. The number of amides is 1. The molecule has 1 N–H and O–H groups in total. The van der Waals surface area contributed by atoms with Crippen molar-refractivity contribution in [2.24, 2.45) is 0 Å². The lowest BCUT2D eigenvalue weighted by Gasteiger charge is -2.09. The molecule has 0 atom stereocenters. The topological polar surface area (TPSA) is 59.8 Å². The van der Waals surface area contributed by atoms with Crippen molar-refractivity contribution in [3.05, 3.63) is 96.8 Å². The Hall–Kier alpha value is -3.86. The van der Waals surface area contributed by atoms with Crippen LogP contribution in [-0.4, -0.2) is 16.1 Å². The molecule has 0 spiro atoms. The normalized spacial score (nSPS) is 10.5. The number of ether oxygens (including phenoxy) is 1. The molecule has 0 saturated heterocycles. The van der Waals surface area contributed by atoms with Crippen molar-refractivity contribution in [1.29, 1.82) is 0 Å². The van der Waals surface area contributed by atoms with Gasteiger partial charge in [0.1, 0.15) is 11.5 Å².